The molecule has 0 bridgehead atoms. The van der Waals surface area contributed by atoms with Crippen LogP contribution in [0.25, 0.3) is 0 Å². The summed E-state index contributed by atoms with van der Waals surface area (Å²) in [6, 6.07) is 10.5. The van der Waals surface area contributed by atoms with Crippen molar-refractivity contribution in [3.05, 3.63) is 76.4 Å². The molecule has 1 N–H and O–H groups in total. The van der Waals surface area contributed by atoms with Crippen LogP contribution in [-0.4, -0.2) is 42.5 Å². The maximum atomic E-state index is 12.5. The highest BCUT2D eigenvalue weighted by molar-refractivity contribution is 5.75. The van der Waals surface area contributed by atoms with Gasteiger partial charge in [0.05, 0.1) is 23.9 Å². The van der Waals surface area contributed by atoms with E-state index in [4.69, 9.17) is 9.72 Å². The number of fused-ring (bicyclic) bond motifs is 1. The molecule has 1 unspecified atom stereocenters. The fourth-order valence-corrected chi connectivity index (χ4v) is 5.20. The first-order valence-corrected chi connectivity index (χ1v) is 13.6. The zero-order valence-corrected chi connectivity index (χ0v) is 23.6. The molecule has 3 aromatic rings. The Labute approximate surface area is 226 Å². The van der Waals surface area contributed by atoms with Crippen LogP contribution < -0.4 is 0 Å². The summed E-state index contributed by atoms with van der Waals surface area (Å²) in [6.07, 6.45) is 5.89. The summed E-state index contributed by atoms with van der Waals surface area (Å²) in [7, 11) is 0. The van der Waals surface area contributed by atoms with E-state index in [2.05, 4.69) is 47.3 Å². The van der Waals surface area contributed by atoms with Gasteiger partial charge in [0.2, 0.25) is 0 Å². The molecule has 0 radical (unpaired) electrons. The zero-order chi connectivity index (χ0) is 27.5. The number of nitrogens with zero attached hydrogens (tertiary/aromatic N) is 5. The number of rotatable bonds is 10. The number of aliphatic carboxylic acids is 1. The second kappa shape index (κ2) is 11.3. The smallest absolute Gasteiger partial charge is 0.312 e. The molecule has 204 valence electrons. The molecule has 1 aliphatic rings. The molecule has 0 spiro atoms. The fourth-order valence-electron chi connectivity index (χ4n) is 5.20. The van der Waals surface area contributed by atoms with Crippen LogP contribution in [-0.2, 0) is 47.8 Å². The Hall–Kier alpha value is -3.10. The maximum absolute atomic E-state index is 12.5. The molecule has 0 saturated carbocycles. The molecule has 2 atom stereocenters. The van der Waals surface area contributed by atoms with E-state index in [9.17, 15) is 9.90 Å². The van der Waals surface area contributed by atoms with E-state index in [1.165, 1.54) is 16.7 Å². The van der Waals surface area contributed by atoms with Crippen molar-refractivity contribution in [2.45, 2.75) is 86.2 Å². The van der Waals surface area contributed by atoms with Gasteiger partial charge in [0.15, 0.2) is 0 Å². The van der Waals surface area contributed by atoms with Crippen molar-refractivity contribution >= 4 is 5.97 Å². The highest BCUT2D eigenvalue weighted by Crippen LogP contribution is 2.44. The van der Waals surface area contributed by atoms with Gasteiger partial charge >= 0.3 is 5.97 Å². The molecule has 2 aromatic heterocycles. The molecule has 0 aliphatic carbocycles. The van der Waals surface area contributed by atoms with Gasteiger partial charge in [0, 0.05) is 32.4 Å². The molecular formula is C30H41N5O3. The van der Waals surface area contributed by atoms with Crippen LogP contribution >= 0.6 is 0 Å². The lowest BCUT2D eigenvalue weighted by Crippen LogP contribution is -2.47. The predicted octanol–water partition coefficient (Wildman–Crippen LogP) is 5.13. The van der Waals surface area contributed by atoms with Crippen LogP contribution in [0.3, 0.4) is 0 Å². The molecule has 1 aliphatic heterocycles. The first-order valence-electron chi connectivity index (χ1n) is 13.6. The predicted molar refractivity (Wildman–Crippen MR) is 146 cm³/mol. The van der Waals surface area contributed by atoms with Crippen LogP contribution in [0.15, 0.2) is 42.7 Å². The SMILES string of the molecule is CC[C@H]1Cc2cccnc2CN(Cc2cc(C(C)(OCc3cn(CC)nn3)C(C)(C)C(=O)O)ccc2C)C1. The van der Waals surface area contributed by atoms with E-state index in [0.717, 1.165) is 43.7 Å². The number of aryl methyl sites for hydroxylation is 2. The molecule has 0 fully saturated rings. The van der Waals surface area contributed by atoms with Gasteiger partial charge < -0.3 is 9.84 Å². The molecule has 8 heteroatoms. The van der Waals surface area contributed by atoms with Gasteiger partial charge in [-0.1, -0.05) is 42.8 Å². The molecule has 0 saturated heterocycles. The minimum atomic E-state index is -1.20. The molecule has 3 heterocycles. The number of carboxylic acid groups (broad SMARTS) is 1. The number of hydrogen-bond acceptors (Lipinski definition) is 6. The van der Waals surface area contributed by atoms with Crippen LogP contribution in [0.5, 0.6) is 0 Å². The lowest BCUT2D eigenvalue weighted by atomic mass is 9.71. The minimum Gasteiger partial charge on any atom is -0.481 e. The van der Waals surface area contributed by atoms with Crippen molar-refractivity contribution in [3.8, 4) is 0 Å². The van der Waals surface area contributed by atoms with Gasteiger partial charge in [-0.25, -0.2) is 0 Å². The Kier molecular flexibility index (Phi) is 8.33. The number of pyridine rings is 1. The summed E-state index contributed by atoms with van der Waals surface area (Å²) in [5.74, 6) is -0.347. The van der Waals surface area contributed by atoms with Crippen LogP contribution in [0.2, 0.25) is 0 Å². The average molecular weight is 520 g/mol. The number of aromatic nitrogens is 4. The topological polar surface area (TPSA) is 93.4 Å². The number of hydrogen-bond donors (Lipinski definition) is 1. The minimum absolute atomic E-state index is 0.170. The molecule has 8 nitrogen and oxygen atoms in total. The van der Waals surface area contributed by atoms with Gasteiger partial charge in [0.1, 0.15) is 11.3 Å². The Morgan fingerprint density at radius 2 is 2.00 bits per heavy atom. The first kappa shape index (κ1) is 27.9. The van der Waals surface area contributed by atoms with Crippen molar-refractivity contribution < 1.29 is 14.6 Å². The normalized spacial score (nSPS) is 18.0. The number of carboxylic acids is 1. The van der Waals surface area contributed by atoms with Gasteiger partial charge in [-0.3, -0.25) is 19.4 Å². The van der Waals surface area contributed by atoms with Gasteiger partial charge in [-0.15, -0.1) is 5.10 Å². The Morgan fingerprint density at radius 1 is 1.21 bits per heavy atom. The van der Waals surface area contributed by atoms with E-state index in [1.807, 2.05) is 38.4 Å². The van der Waals surface area contributed by atoms with E-state index >= 15 is 0 Å². The monoisotopic (exact) mass is 519 g/mol. The van der Waals surface area contributed by atoms with Crippen molar-refractivity contribution in [3.63, 3.8) is 0 Å². The summed E-state index contributed by atoms with van der Waals surface area (Å²) >= 11 is 0. The average Bonchev–Trinajstić information content (AvgIpc) is 3.29. The van der Waals surface area contributed by atoms with Crippen molar-refractivity contribution in [1.82, 2.24) is 24.9 Å². The Morgan fingerprint density at radius 3 is 2.68 bits per heavy atom. The van der Waals surface area contributed by atoms with Crippen molar-refractivity contribution in [2.24, 2.45) is 11.3 Å². The summed E-state index contributed by atoms with van der Waals surface area (Å²) < 4.78 is 8.19. The number of ether oxygens (including phenoxy) is 1. The largest absolute Gasteiger partial charge is 0.481 e. The summed E-state index contributed by atoms with van der Waals surface area (Å²) in [5.41, 5.74) is 4.06. The quantitative estimate of drug-likeness (QED) is 0.397. The third-order valence-electron chi connectivity index (χ3n) is 8.40. The second-order valence-corrected chi connectivity index (χ2v) is 11.2. The Balaban J connectivity index is 1.65. The van der Waals surface area contributed by atoms with Crippen molar-refractivity contribution in [2.75, 3.05) is 6.54 Å². The first-order chi connectivity index (χ1) is 18.1. The Bertz CT molecular complexity index is 1270. The molecule has 4 rings (SSSR count). The van der Waals surface area contributed by atoms with Crippen molar-refractivity contribution in [1.29, 1.82) is 0 Å². The lowest BCUT2D eigenvalue weighted by molar-refractivity contribution is -0.177. The summed E-state index contributed by atoms with van der Waals surface area (Å²) in [4.78, 5) is 19.6. The van der Waals surface area contributed by atoms with E-state index < -0.39 is 17.0 Å². The standard InChI is InChI=1S/C30H41N5O3/c1-7-22-14-23-10-9-13-31-27(23)19-34(16-22)17-24-15-25(12-11-21(24)3)30(6,29(4,5)28(36)37)38-20-26-18-35(8-2)33-32-26/h9-13,15,18,22H,7-8,14,16-17,19-20H2,1-6H3,(H,36,37)/t22-,30?/m0/s1. The summed E-state index contributed by atoms with van der Waals surface area (Å²) in [6.45, 7) is 15.1. The number of carbonyl (C=O) groups is 1. The fraction of sp³-hybridized carbons (Fsp3) is 0.533. The molecular weight excluding hydrogens is 478 g/mol. The van der Waals surface area contributed by atoms with Crippen LogP contribution in [0, 0.1) is 18.3 Å². The molecule has 38 heavy (non-hydrogen) atoms. The third kappa shape index (κ3) is 5.66. The number of benzene rings is 1. The third-order valence-corrected chi connectivity index (χ3v) is 8.40. The molecule has 1 aromatic carbocycles. The maximum Gasteiger partial charge on any atom is 0.312 e. The molecule has 0 amide bonds. The van der Waals surface area contributed by atoms with Gasteiger partial charge in [-0.2, -0.15) is 0 Å². The van der Waals surface area contributed by atoms with E-state index in [0.29, 0.717) is 18.2 Å². The summed E-state index contributed by atoms with van der Waals surface area (Å²) in [5, 5.41) is 18.5. The van der Waals surface area contributed by atoms with E-state index in [-0.39, 0.29) is 6.61 Å². The van der Waals surface area contributed by atoms with Gasteiger partial charge in [0.25, 0.3) is 0 Å². The zero-order valence-electron chi connectivity index (χ0n) is 23.6. The second-order valence-electron chi connectivity index (χ2n) is 11.2. The highest BCUT2D eigenvalue weighted by Gasteiger charge is 2.49. The van der Waals surface area contributed by atoms with Crippen LogP contribution in [0.1, 0.15) is 74.7 Å². The van der Waals surface area contributed by atoms with Gasteiger partial charge in [-0.05, 0) is 75.3 Å². The lowest BCUT2D eigenvalue weighted by Gasteiger charge is -2.41. The van der Waals surface area contributed by atoms with Crippen LogP contribution in [0.4, 0.5) is 0 Å². The van der Waals surface area contributed by atoms with E-state index in [1.54, 1.807) is 18.5 Å². The highest BCUT2D eigenvalue weighted by atomic mass is 16.5.